The highest BCUT2D eigenvalue weighted by Gasteiger charge is 2.16. The molecule has 0 amide bonds. The van der Waals surface area contributed by atoms with Gasteiger partial charge in [-0.25, -0.2) is 0 Å². The largest absolute Gasteiger partial charge is 0.504 e. The second-order valence-electron chi connectivity index (χ2n) is 5.01. The van der Waals surface area contributed by atoms with Crippen molar-refractivity contribution >= 4 is 23.2 Å². The van der Waals surface area contributed by atoms with Gasteiger partial charge in [0.05, 0.1) is 16.7 Å². The molecular weight excluding hydrogens is 321 g/mol. The van der Waals surface area contributed by atoms with Crippen molar-refractivity contribution in [2.75, 3.05) is 13.2 Å². The molecule has 2 aromatic carbocycles. The quantitative estimate of drug-likeness (QED) is 0.820. The number of hydrogen-bond donors (Lipinski definition) is 2. The van der Waals surface area contributed by atoms with E-state index in [9.17, 15) is 5.11 Å². The summed E-state index contributed by atoms with van der Waals surface area (Å²) in [7, 11) is 0. The van der Waals surface area contributed by atoms with Crippen LogP contribution in [-0.4, -0.2) is 18.3 Å². The van der Waals surface area contributed by atoms with Gasteiger partial charge in [0.2, 0.25) is 0 Å². The maximum Gasteiger partial charge on any atom is 0.161 e. The Morgan fingerprint density at radius 2 is 2.00 bits per heavy atom. The van der Waals surface area contributed by atoms with E-state index in [2.05, 4.69) is 0 Å². The van der Waals surface area contributed by atoms with Crippen LogP contribution in [0.25, 0.3) is 0 Å². The van der Waals surface area contributed by atoms with Crippen molar-refractivity contribution in [1.29, 1.82) is 0 Å². The van der Waals surface area contributed by atoms with E-state index in [1.165, 1.54) is 0 Å². The number of benzene rings is 2. The van der Waals surface area contributed by atoms with Crippen molar-refractivity contribution in [2.45, 2.75) is 19.3 Å². The fourth-order valence-electron chi connectivity index (χ4n) is 2.40. The van der Waals surface area contributed by atoms with Gasteiger partial charge < -0.3 is 15.6 Å². The Labute approximate surface area is 140 Å². The predicted octanol–water partition coefficient (Wildman–Crippen LogP) is 4.38. The normalized spacial score (nSPS) is 12.2. The van der Waals surface area contributed by atoms with E-state index in [0.717, 1.165) is 11.1 Å². The maximum absolute atomic E-state index is 9.77. The van der Waals surface area contributed by atoms with E-state index in [-0.39, 0.29) is 11.7 Å². The number of aromatic hydroxyl groups is 1. The molecule has 3 N–H and O–H groups in total. The molecule has 2 aromatic rings. The summed E-state index contributed by atoms with van der Waals surface area (Å²) in [5.74, 6) is 0.661. The van der Waals surface area contributed by atoms with Crippen LogP contribution in [0.4, 0.5) is 0 Å². The molecule has 5 heteroatoms. The van der Waals surface area contributed by atoms with Gasteiger partial charge in [-0.05, 0) is 49.2 Å². The lowest BCUT2D eigenvalue weighted by atomic mass is 9.92. The zero-order chi connectivity index (χ0) is 16.1. The predicted molar refractivity (Wildman–Crippen MR) is 91.2 cm³/mol. The Kier molecular flexibility index (Phi) is 5.95. The molecule has 0 aliphatic carbocycles. The molecule has 2 rings (SSSR count). The van der Waals surface area contributed by atoms with Crippen LogP contribution in [0, 0.1) is 0 Å². The molecule has 0 aliphatic rings. The van der Waals surface area contributed by atoms with E-state index in [1.54, 1.807) is 12.1 Å². The lowest BCUT2D eigenvalue weighted by Gasteiger charge is -2.18. The Bertz CT molecular complexity index is 647. The molecular formula is C17H19Cl2NO2. The molecule has 3 nitrogen and oxygen atoms in total. The first-order valence-electron chi connectivity index (χ1n) is 7.15. The van der Waals surface area contributed by atoms with E-state index >= 15 is 0 Å². The SMILES string of the molecule is CCOc1cc(CC(CN)c2cccc(Cl)c2Cl)ccc1O. The van der Waals surface area contributed by atoms with Gasteiger partial charge in [0, 0.05) is 5.92 Å². The zero-order valence-electron chi connectivity index (χ0n) is 12.4. The Morgan fingerprint density at radius 3 is 2.68 bits per heavy atom. The summed E-state index contributed by atoms with van der Waals surface area (Å²) in [5, 5.41) is 10.8. The number of phenols is 1. The van der Waals surface area contributed by atoms with Crippen LogP contribution >= 0.6 is 23.2 Å². The summed E-state index contributed by atoms with van der Waals surface area (Å²) in [6.07, 6.45) is 0.691. The number of rotatable bonds is 6. The van der Waals surface area contributed by atoms with E-state index in [1.807, 2.05) is 31.2 Å². The minimum Gasteiger partial charge on any atom is -0.504 e. The smallest absolute Gasteiger partial charge is 0.161 e. The van der Waals surface area contributed by atoms with Crippen molar-refractivity contribution in [1.82, 2.24) is 0 Å². The highest BCUT2D eigenvalue weighted by molar-refractivity contribution is 6.42. The number of nitrogens with two attached hydrogens (primary N) is 1. The summed E-state index contributed by atoms with van der Waals surface area (Å²) in [6, 6.07) is 10.9. The number of halogens is 2. The van der Waals surface area contributed by atoms with Gasteiger partial charge in [-0.1, -0.05) is 41.4 Å². The third-order valence-electron chi connectivity index (χ3n) is 3.51. The molecule has 0 radical (unpaired) electrons. The highest BCUT2D eigenvalue weighted by atomic mass is 35.5. The highest BCUT2D eigenvalue weighted by Crippen LogP contribution is 2.34. The second kappa shape index (κ2) is 7.73. The second-order valence-corrected chi connectivity index (χ2v) is 5.80. The maximum atomic E-state index is 9.77. The van der Waals surface area contributed by atoms with Crippen LogP contribution in [-0.2, 0) is 6.42 Å². The minimum absolute atomic E-state index is 0.0465. The first kappa shape index (κ1) is 16.9. The van der Waals surface area contributed by atoms with Crippen LogP contribution in [0.3, 0.4) is 0 Å². The summed E-state index contributed by atoms with van der Waals surface area (Å²) < 4.78 is 5.41. The Balaban J connectivity index is 2.27. The molecule has 0 aromatic heterocycles. The Hall–Kier alpha value is -1.42. The minimum atomic E-state index is 0.0465. The topological polar surface area (TPSA) is 55.5 Å². The lowest BCUT2D eigenvalue weighted by molar-refractivity contribution is 0.317. The zero-order valence-corrected chi connectivity index (χ0v) is 13.9. The molecule has 1 unspecified atom stereocenters. The summed E-state index contributed by atoms with van der Waals surface area (Å²) in [4.78, 5) is 0. The molecule has 0 spiro atoms. The molecule has 0 heterocycles. The first-order valence-corrected chi connectivity index (χ1v) is 7.91. The van der Waals surface area contributed by atoms with Crippen LogP contribution in [0.15, 0.2) is 36.4 Å². The number of ether oxygens (including phenoxy) is 1. The van der Waals surface area contributed by atoms with Gasteiger partial charge in [0.15, 0.2) is 11.5 Å². The van der Waals surface area contributed by atoms with E-state index in [0.29, 0.717) is 35.4 Å². The molecule has 0 aliphatic heterocycles. The van der Waals surface area contributed by atoms with Gasteiger partial charge in [0.1, 0.15) is 0 Å². The van der Waals surface area contributed by atoms with Crippen molar-refractivity contribution in [2.24, 2.45) is 5.73 Å². The van der Waals surface area contributed by atoms with Crippen LogP contribution in [0.5, 0.6) is 11.5 Å². The van der Waals surface area contributed by atoms with E-state index < -0.39 is 0 Å². The standard InChI is InChI=1S/C17H19Cl2NO2/c1-2-22-16-9-11(6-7-15(16)21)8-12(10-20)13-4-3-5-14(18)17(13)19/h3-7,9,12,21H,2,8,10,20H2,1H3. The molecule has 0 bridgehead atoms. The fraction of sp³-hybridized carbons (Fsp3) is 0.294. The van der Waals surface area contributed by atoms with Crippen molar-refractivity contribution in [3.8, 4) is 11.5 Å². The first-order chi connectivity index (χ1) is 10.6. The average molecular weight is 340 g/mol. The third kappa shape index (κ3) is 3.86. The lowest BCUT2D eigenvalue weighted by Crippen LogP contribution is -2.15. The molecule has 0 saturated carbocycles. The summed E-state index contributed by atoms with van der Waals surface area (Å²) in [6.45, 7) is 2.82. The summed E-state index contributed by atoms with van der Waals surface area (Å²) >= 11 is 12.4. The van der Waals surface area contributed by atoms with E-state index in [4.69, 9.17) is 33.7 Å². The summed E-state index contributed by atoms with van der Waals surface area (Å²) in [5.41, 5.74) is 7.87. The van der Waals surface area contributed by atoms with Crippen molar-refractivity contribution < 1.29 is 9.84 Å². The average Bonchev–Trinajstić information content (AvgIpc) is 2.51. The van der Waals surface area contributed by atoms with Crippen LogP contribution < -0.4 is 10.5 Å². The molecule has 1 atom stereocenters. The van der Waals surface area contributed by atoms with Crippen molar-refractivity contribution in [3.63, 3.8) is 0 Å². The van der Waals surface area contributed by atoms with Gasteiger partial charge in [-0.3, -0.25) is 0 Å². The van der Waals surface area contributed by atoms with Gasteiger partial charge in [-0.2, -0.15) is 0 Å². The molecule has 0 fully saturated rings. The van der Waals surface area contributed by atoms with Crippen LogP contribution in [0.2, 0.25) is 10.0 Å². The number of hydrogen-bond acceptors (Lipinski definition) is 3. The molecule has 22 heavy (non-hydrogen) atoms. The Morgan fingerprint density at radius 1 is 1.23 bits per heavy atom. The monoisotopic (exact) mass is 339 g/mol. The van der Waals surface area contributed by atoms with Gasteiger partial charge in [-0.15, -0.1) is 0 Å². The molecule has 118 valence electrons. The molecule has 0 saturated heterocycles. The van der Waals surface area contributed by atoms with Crippen molar-refractivity contribution in [3.05, 3.63) is 57.6 Å². The van der Waals surface area contributed by atoms with Gasteiger partial charge in [0.25, 0.3) is 0 Å². The van der Waals surface area contributed by atoms with Crippen LogP contribution in [0.1, 0.15) is 24.0 Å². The fourth-order valence-corrected chi connectivity index (χ4v) is 2.86. The number of phenolic OH excluding ortho intramolecular Hbond substituents is 1. The van der Waals surface area contributed by atoms with Gasteiger partial charge >= 0.3 is 0 Å². The third-order valence-corrected chi connectivity index (χ3v) is 4.35.